The quantitative estimate of drug-likeness (QED) is 0.641. The lowest BCUT2D eigenvalue weighted by Crippen LogP contribution is -2.76. The van der Waals surface area contributed by atoms with Crippen LogP contribution in [0, 0.1) is 5.41 Å². The van der Waals surface area contributed by atoms with E-state index in [0.717, 1.165) is 0 Å². The third-order valence-electron chi connectivity index (χ3n) is 5.47. The second kappa shape index (κ2) is 8.08. The lowest BCUT2D eigenvalue weighted by molar-refractivity contribution is -0.194. The predicted molar refractivity (Wildman–Crippen MR) is 98.9 cm³/mol. The van der Waals surface area contributed by atoms with Gasteiger partial charge in [0.1, 0.15) is 11.3 Å². The van der Waals surface area contributed by atoms with E-state index in [1.54, 1.807) is 38.1 Å². The van der Waals surface area contributed by atoms with E-state index in [-0.39, 0.29) is 31.1 Å². The summed E-state index contributed by atoms with van der Waals surface area (Å²) in [7, 11) is 1.54. The van der Waals surface area contributed by atoms with Crippen molar-refractivity contribution in [3.63, 3.8) is 0 Å². The van der Waals surface area contributed by atoms with E-state index in [9.17, 15) is 19.5 Å². The number of amides is 1. The summed E-state index contributed by atoms with van der Waals surface area (Å²) in [5.41, 5.74) is -1.64. The maximum atomic E-state index is 12.4. The molecule has 7 heteroatoms. The average Bonchev–Trinajstić information content (AvgIpc) is 2.64. The number of hydrogen-bond acceptors (Lipinski definition) is 5. The van der Waals surface area contributed by atoms with Crippen molar-refractivity contribution in [2.24, 2.45) is 5.41 Å². The van der Waals surface area contributed by atoms with Crippen LogP contribution in [0.5, 0.6) is 5.75 Å². The fourth-order valence-electron chi connectivity index (χ4n) is 3.49. The van der Waals surface area contributed by atoms with Crippen molar-refractivity contribution in [3.8, 4) is 5.75 Å². The Morgan fingerprint density at radius 3 is 2.30 bits per heavy atom. The number of carbonyl (C=O) groups is 3. The SMILES string of the molecule is CCOC1CC(NC(=O)CCC(=O)c2ccc(OC)cc2)(C(=O)O)C1(C)C. The van der Waals surface area contributed by atoms with Gasteiger partial charge in [0.2, 0.25) is 5.91 Å². The summed E-state index contributed by atoms with van der Waals surface area (Å²) in [6.07, 6.45) is -0.0976. The standard InChI is InChI=1S/C20H27NO6/c1-5-27-16-12-20(18(24)25,19(16,2)3)21-17(23)11-10-15(22)13-6-8-14(26-4)9-7-13/h6-9,16H,5,10-12H2,1-4H3,(H,21,23)(H,24,25). The van der Waals surface area contributed by atoms with Gasteiger partial charge in [-0.15, -0.1) is 0 Å². The number of aliphatic carboxylic acids is 1. The number of Topliss-reactive ketones (excluding diaryl/α,β-unsaturated/α-hetero) is 1. The molecule has 0 saturated heterocycles. The summed E-state index contributed by atoms with van der Waals surface area (Å²) in [6.45, 7) is 5.87. The summed E-state index contributed by atoms with van der Waals surface area (Å²) >= 11 is 0. The molecule has 2 rings (SSSR count). The van der Waals surface area contributed by atoms with Crippen molar-refractivity contribution < 1.29 is 29.0 Å². The Hall–Kier alpha value is -2.41. The summed E-state index contributed by atoms with van der Waals surface area (Å²) in [5, 5.41) is 12.4. The number of benzene rings is 1. The molecule has 7 nitrogen and oxygen atoms in total. The molecule has 1 aliphatic carbocycles. The van der Waals surface area contributed by atoms with E-state index in [4.69, 9.17) is 9.47 Å². The molecule has 2 N–H and O–H groups in total. The Morgan fingerprint density at radius 1 is 1.19 bits per heavy atom. The van der Waals surface area contributed by atoms with Crippen LogP contribution in [-0.4, -0.2) is 48.1 Å². The van der Waals surface area contributed by atoms with Gasteiger partial charge in [0.25, 0.3) is 0 Å². The van der Waals surface area contributed by atoms with Crippen molar-refractivity contribution in [2.45, 2.75) is 51.7 Å². The van der Waals surface area contributed by atoms with Crippen molar-refractivity contribution in [2.75, 3.05) is 13.7 Å². The van der Waals surface area contributed by atoms with Crippen LogP contribution in [0.4, 0.5) is 0 Å². The number of rotatable bonds is 9. The zero-order valence-electron chi connectivity index (χ0n) is 16.2. The molecule has 1 aliphatic rings. The van der Waals surface area contributed by atoms with Crippen molar-refractivity contribution in [3.05, 3.63) is 29.8 Å². The van der Waals surface area contributed by atoms with Crippen molar-refractivity contribution in [1.82, 2.24) is 5.32 Å². The largest absolute Gasteiger partial charge is 0.497 e. The molecule has 0 heterocycles. The third kappa shape index (κ3) is 3.98. The number of ketones is 1. The van der Waals surface area contributed by atoms with Gasteiger partial charge in [0, 0.05) is 36.8 Å². The van der Waals surface area contributed by atoms with E-state index >= 15 is 0 Å². The summed E-state index contributed by atoms with van der Waals surface area (Å²) < 4.78 is 10.6. The Balaban J connectivity index is 1.97. The molecule has 148 valence electrons. The van der Waals surface area contributed by atoms with Crippen LogP contribution in [0.25, 0.3) is 0 Å². The number of ether oxygens (including phenoxy) is 2. The molecule has 1 fully saturated rings. The Bertz CT molecular complexity index is 712. The molecule has 0 aromatic heterocycles. The van der Waals surface area contributed by atoms with Crippen LogP contribution in [0.2, 0.25) is 0 Å². The molecule has 1 amide bonds. The minimum absolute atomic E-state index is 0.00315. The van der Waals surface area contributed by atoms with E-state index in [0.29, 0.717) is 17.9 Å². The number of nitrogens with one attached hydrogen (secondary N) is 1. The maximum Gasteiger partial charge on any atom is 0.330 e. The smallest absolute Gasteiger partial charge is 0.330 e. The van der Waals surface area contributed by atoms with E-state index < -0.39 is 22.8 Å². The highest BCUT2D eigenvalue weighted by Gasteiger charge is 2.66. The van der Waals surface area contributed by atoms with Crippen LogP contribution in [-0.2, 0) is 14.3 Å². The fourth-order valence-corrected chi connectivity index (χ4v) is 3.49. The van der Waals surface area contributed by atoms with Gasteiger partial charge in [-0.3, -0.25) is 9.59 Å². The van der Waals surface area contributed by atoms with Crippen LogP contribution < -0.4 is 10.1 Å². The molecular formula is C20H27NO6. The topological polar surface area (TPSA) is 102 Å². The highest BCUT2D eigenvalue weighted by molar-refractivity contribution is 5.98. The third-order valence-corrected chi connectivity index (χ3v) is 5.47. The Kier molecular flexibility index (Phi) is 6.26. The van der Waals surface area contributed by atoms with Gasteiger partial charge in [-0.05, 0) is 31.2 Å². The highest BCUT2D eigenvalue weighted by atomic mass is 16.5. The van der Waals surface area contributed by atoms with Crippen LogP contribution in [0.1, 0.15) is 50.4 Å². The first-order chi connectivity index (χ1) is 12.7. The summed E-state index contributed by atoms with van der Waals surface area (Å²) in [4.78, 5) is 36.5. The van der Waals surface area contributed by atoms with Gasteiger partial charge in [-0.1, -0.05) is 13.8 Å². The van der Waals surface area contributed by atoms with Gasteiger partial charge < -0.3 is 19.9 Å². The monoisotopic (exact) mass is 377 g/mol. The minimum atomic E-state index is -1.38. The predicted octanol–water partition coefficient (Wildman–Crippen LogP) is 2.43. The molecular weight excluding hydrogens is 350 g/mol. The number of carboxylic acid groups (broad SMARTS) is 1. The molecule has 0 aliphatic heterocycles. The first-order valence-electron chi connectivity index (χ1n) is 9.01. The Morgan fingerprint density at radius 2 is 1.81 bits per heavy atom. The molecule has 2 unspecified atom stereocenters. The van der Waals surface area contributed by atoms with E-state index in [1.807, 2.05) is 6.92 Å². The van der Waals surface area contributed by atoms with Crippen molar-refractivity contribution >= 4 is 17.7 Å². The zero-order chi connectivity index (χ0) is 20.2. The zero-order valence-corrected chi connectivity index (χ0v) is 16.2. The molecule has 1 aromatic rings. The minimum Gasteiger partial charge on any atom is -0.497 e. The second-order valence-corrected chi connectivity index (χ2v) is 7.28. The highest BCUT2D eigenvalue weighted by Crippen LogP contribution is 2.51. The molecule has 1 saturated carbocycles. The maximum absolute atomic E-state index is 12.4. The molecule has 2 atom stereocenters. The van der Waals surface area contributed by atoms with Crippen LogP contribution in [0.3, 0.4) is 0 Å². The molecule has 0 radical (unpaired) electrons. The van der Waals surface area contributed by atoms with Gasteiger partial charge in [-0.2, -0.15) is 0 Å². The number of methoxy groups -OCH3 is 1. The molecule has 0 spiro atoms. The normalized spacial score (nSPS) is 23.2. The Labute approximate surface area is 159 Å². The lowest BCUT2D eigenvalue weighted by atomic mass is 9.54. The van der Waals surface area contributed by atoms with Crippen molar-refractivity contribution in [1.29, 1.82) is 0 Å². The molecule has 1 aromatic carbocycles. The second-order valence-electron chi connectivity index (χ2n) is 7.28. The molecule has 0 bridgehead atoms. The number of hydrogen-bond donors (Lipinski definition) is 2. The van der Waals surface area contributed by atoms with Gasteiger partial charge in [0.15, 0.2) is 5.78 Å². The van der Waals surface area contributed by atoms with Gasteiger partial charge >= 0.3 is 5.97 Å². The summed E-state index contributed by atoms with van der Waals surface area (Å²) in [5.74, 6) is -1.08. The molecule has 27 heavy (non-hydrogen) atoms. The first-order valence-corrected chi connectivity index (χ1v) is 9.01. The fraction of sp³-hybridized carbons (Fsp3) is 0.550. The lowest BCUT2D eigenvalue weighted by Gasteiger charge is -2.58. The van der Waals surface area contributed by atoms with Gasteiger partial charge in [-0.25, -0.2) is 4.79 Å². The van der Waals surface area contributed by atoms with Crippen LogP contribution in [0.15, 0.2) is 24.3 Å². The first kappa shape index (κ1) is 20.9. The average molecular weight is 377 g/mol. The summed E-state index contributed by atoms with van der Waals surface area (Å²) in [6, 6.07) is 6.63. The van der Waals surface area contributed by atoms with E-state index in [2.05, 4.69) is 5.32 Å². The number of carboxylic acids is 1. The van der Waals surface area contributed by atoms with E-state index in [1.165, 1.54) is 7.11 Å². The van der Waals surface area contributed by atoms with Crippen LogP contribution >= 0.6 is 0 Å². The number of carbonyl (C=O) groups excluding carboxylic acids is 2. The van der Waals surface area contributed by atoms with Gasteiger partial charge in [0.05, 0.1) is 13.2 Å².